The number of amides is 4. The Labute approximate surface area is 156 Å². The number of rotatable bonds is 5. The molecule has 0 saturated carbocycles. The van der Waals surface area contributed by atoms with Gasteiger partial charge in [-0.3, -0.25) is 24.4 Å². The van der Waals surface area contributed by atoms with Crippen LogP contribution in [0.15, 0.2) is 43.0 Å². The first-order chi connectivity index (χ1) is 13.0. The lowest BCUT2D eigenvalue weighted by Crippen LogP contribution is -2.64. The van der Waals surface area contributed by atoms with E-state index in [0.717, 1.165) is 10.5 Å². The average molecular weight is 368 g/mol. The minimum absolute atomic E-state index is 0.0207. The van der Waals surface area contributed by atoms with Crippen molar-refractivity contribution in [1.82, 2.24) is 25.2 Å². The van der Waals surface area contributed by atoms with Crippen molar-refractivity contribution in [3.8, 4) is 0 Å². The molecule has 9 heteroatoms. The minimum atomic E-state index is -0.863. The van der Waals surface area contributed by atoms with Crippen LogP contribution in [0.1, 0.15) is 31.4 Å². The number of hydrogen-bond acceptors (Lipinski definition) is 6. The highest BCUT2D eigenvalue weighted by Gasteiger charge is 2.47. The monoisotopic (exact) mass is 368 g/mol. The Morgan fingerprint density at radius 1 is 1.30 bits per heavy atom. The molecule has 2 aromatic heterocycles. The lowest BCUT2D eigenvalue weighted by atomic mass is 10.0. The summed E-state index contributed by atoms with van der Waals surface area (Å²) in [5.41, 5.74) is 0.832. The third-order valence-electron chi connectivity index (χ3n) is 4.43. The van der Waals surface area contributed by atoms with Crippen LogP contribution in [0, 0.1) is 0 Å². The molecule has 2 unspecified atom stereocenters. The summed E-state index contributed by atoms with van der Waals surface area (Å²) in [4.78, 5) is 51.6. The smallest absolute Gasteiger partial charge is 0.325 e. The quantitative estimate of drug-likeness (QED) is 0.797. The van der Waals surface area contributed by atoms with Gasteiger partial charge in [-0.15, -0.1) is 0 Å². The number of anilines is 1. The normalized spacial score (nSPS) is 17.0. The van der Waals surface area contributed by atoms with Crippen LogP contribution < -0.4 is 10.2 Å². The van der Waals surface area contributed by atoms with Crippen LogP contribution in [-0.4, -0.2) is 50.8 Å². The molecule has 1 N–H and O–H groups in total. The maximum Gasteiger partial charge on any atom is 0.325 e. The molecular formula is C18H20N6O3. The van der Waals surface area contributed by atoms with Crippen molar-refractivity contribution in [3.63, 3.8) is 0 Å². The number of imide groups is 1. The minimum Gasteiger partial charge on any atom is -0.331 e. The fraction of sp³-hybridized carbons (Fsp3) is 0.333. The Kier molecular flexibility index (Phi) is 5.39. The van der Waals surface area contributed by atoms with Crippen LogP contribution in [-0.2, 0) is 9.59 Å². The van der Waals surface area contributed by atoms with E-state index < -0.39 is 23.9 Å². The van der Waals surface area contributed by atoms with Gasteiger partial charge < -0.3 is 5.32 Å². The highest BCUT2D eigenvalue weighted by Crippen LogP contribution is 2.24. The van der Waals surface area contributed by atoms with Crippen molar-refractivity contribution in [3.05, 3.63) is 48.5 Å². The molecule has 0 spiro atoms. The second-order valence-electron chi connectivity index (χ2n) is 6.13. The molecule has 1 saturated heterocycles. The van der Waals surface area contributed by atoms with Crippen LogP contribution in [0.4, 0.5) is 10.7 Å². The van der Waals surface area contributed by atoms with Gasteiger partial charge in [0.25, 0.3) is 5.91 Å². The number of aromatic nitrogens is 3. The Morgan fingerprint density at radius 2 is 2.04 bits per heavy atom. The van der Waals surface area contributed by atoms with E-state index in [2.05, 4.69) is 20.3 Å². The zero-order chi connectivity index (χ0) is 19.4. The maximum absolute atomic E-state index is 12.7. The largest absolute Gasteiger partial charge is 0.331 e. The Balaban J connectivity index is 1.70. The molecule has 140 valence electrons. The summed E-state index contributed by atoms with van der Waals surface area (Å²) >= 11 is 0. The number of pyridine rings is 1. The topological polar surface area (TPSA) is 108 Å². The first-order valence-corrected chi connectivity index (χ1v) is 8.60. The third kappa shape index (κ3) is 3.76. The fourth-order valence-electron chi connectivity index (χ4n) is 2.88. The number of nitrogens with one attached hydrogen (secondary N) is 1. The SMILES string of the molecule is CCC(NC(=O)N1C(=O)CC1C(=O)N(C)c1ncccn1)c1cccnc1. The molecule has 9 nitrogen and oxygen atoms in total. The number of β-lactam (4-membered cyclic amide) rings is 1. The van der Waals surface area contributed by atoms with Gasteiger partial charge in [-0.1, -0.05) is 13.0 Å². The predicted molar refractivity (Wildman–Crippen MR) is 96.5 cm³/mol. The van der Waals surface area contributed by atoms with Crippen LogP contribution >= 0.6 is 0 Å². The standard InChI is InChI=1S/C18H20N6O3/c1-3-13(12-6-4-7-19-11-12)22-18(27)24-14(10-15(24)25)16(26)23(2)17-20-8-5-9-21-17/h4-9,11,13-14H,3,10H2,1-2H3,(H,22,27). The van der Waals surface area contributed by atoms with E-state index in [1.807, 2.05) is 13.0 Å². The Bertz CT molecular complexity index is 830. The van der Waals surface area contributed by atoms with Crippen molar-refractivity contribution < 1.29 is 14.4 Å². The number of carbonyl (C=O) groups is 3. The molecule has 2 aromatic rings. The van der Waals surface area contributed by atoms with Crippen molar-refractivity contribution in [2.45, 2.75) is 31.8 Å². The highest BCUT2D eigenvalue weighted by molar-refractivity contribution is 6.10. The molecule has 1 aliphatic heterocycles. The second kappa shape index (κ2) is 7.90. The van der Waals surface area contributed by atoms with Crippen LogP contribution in [0.25, 0.3) is 0 Å². The number of hydrogen-bond donors (Lipinski definition) is 1. The molecule has 3 heterocycles. The molecular weight excluding hydrogens is 348 g/mol. The summed E-state index contributed by atoms with van der Waals surface area (Å²) in [6, 6.07) is 3.51. The second-order valence-corrected chi connectivity index (χ2v) is 6.13. The molecule has 0 bridgehead atoms. The number of urea groups is 1. The van der Waals surface area contributed by atoms with Crippen LogP contribution in [0.5, 0.6) is 0 Å². The number of nitrogens with zero attached hydrogens (tertiary/aromatic N) is 5. The van der Waals surface area contributed by atoms with E-state index >= 15 is 0 Å². The third-order valence-corrected chi connectivity index (χ3v) is 4.43. The van der Waals surface area contributed by atoms with E-state index in [1.165, 1.54) is 24.3 Å². The Morgan fingerprint density at radius 3 is 2.63 bits per heavy atom. The van der Waals surface area contributed by atoms with Gasteiger partial charge in [-0.2, -0.15) is 0 Å². The van der Waals surface area contributed by atoms with E-state index in [0.29, 0.717) is 6.42 Å². The maximum atomic E-state index is 12.7. The van der Waals surface area contributed by atoms with E-state index in [-0.39, 0.29) is 18.4 Å². The van der Waals surface area contributed by atoms with Crippen molar-refractivity contribution in [1.29, 1.82) is 0 Å². The van der Waals surface area contributed by atoms with Crippen molar-refractivity contribution >= 4 is 23.8 Å². The average Bonchev–Trinajstić information content (AvgIpc) is 2.70. The Hall–Kier alpha value is -3.36. The summed E-state index contributed by atoms with van der Waals surface area (Å²) in [7, 11) is 1.51. The summed E-state index contributed by atoms with van der Waals surface area (Å²) < 4.78 is 0. The first-order valence-electron chi connectivity index (χ1n) is 8.60. The van der Waals surface area contributed by atoms with Gasteiger partial charge >= 0.3 is 6.03 Å². The molecule has 0 radical (unpaired) electrons. The highest BCUT2D eigenvalue weighted by atomic mass is 16.2. The predicted octanol–water partition coefficient (Wildman–Crippen LogP) is 1.30. The number of likely N-dealkylation sites (N-methyl/N-ethyl adjacent to an activating group) is 1. The van der Waals surface area contributed by atoms with Gasteiger partial charge in [0.2, 0.25) is 11.9 Å². The van der Waals surface area contributed by atoms with Crippen molar-refractivity contribution in [2.24, 2.45) is 0 Å². The molecule has 3 rings (SSSR count). The number of carbonyl (C=O) groups excluding carboxylic acids is 3. The zero-order valence-electron chi connectivity index (χ0n) is 15.1. The lowest BCUT2D eigenvalue weighted by Gasteiger charge is -2.39. The summed E-state index contributed by atoms with van der Waals surface area (Å²) in [6.07, 6.45) is 6.94. The van der Waals surface area contributed by atoms with Gasteiger partial charge in [0, 0.05) is 31.8 Å². The summed E-state index contributed by atoms with van der Waals surface area (Å²) in [5, 5.41) is 2.80. The van der Waals surface area contributed by atoms with E-state index in [4.69, 9.17) is 0 Å². The van der Waals surface area contributed by atoms with E-state index in [1.54, 1.807) is 24.5 Å². The molecule has 0 aliphatic carbocycles. The molecule has 27 heavy (non-hydrogen) atoms. The van der Waals surface area contributed by atoms with Gasteiger partial charge in [-0.05, 0) is 24.1 Å². The van der Waals surface area contributed by atoms with Gasteiger partial charge in [-0.25, -0.2) is 14.8 Å². The van der Waals surface area contributed by atoms with Gasteiger partial charge in [0.15, 0.2) is 0 Å². The fourth-order valence-corrected chi connectivity index (χ4v) is 2.88. The van der Waals surface area contributed by atoms with Crippen LogP contribution in [0.3, 0.4) is 0 Å². The zero-order valence-corrected chi connectivity index (χ0v) is 15.1. The lowest BCUT2D eigenvalue weighted by molar-refractivity contribution is -0.147. The van der Waals surface area contributed by atoms with Gasteiger partial charge in [0.05, 0.1) is 12.5 Å². The summed E-state index contributed by atoms with van der Waals surface area (Å²) in [6.45, 7) is 1.92. The van der Waals surface area contributed by atoms with E-state index in [9.17, 15) is 14.4 Å². The number of likely N-dealkylation sites (tertiary alicyclic amines) is 1. The summed E-state index contributed by atoms with van der Waals surface area (Å²) in [5.74, 6) is -0.594. The first kappa shape index (κ1) is 18.4. The van der Waals surface area contributed by atoms with Gasteiger partial charge in [0.1, 0.15) is 6.04 Å². The molecule has 1 aliphatic rings. The molecule has 4 amide bonds. The molecule has 1 fully saturated rings. The van der Waals surface area contributed by atoms with Crippen molar-refractivity contribution in [2.75, 3.05) is 11.9 Å². The van der Waals surface area contributed by atoms with Crippen LogP contribution in [0.2, 0.25) is 0 Å². The molecule has 2 atom stereocenters. The molecule has 0 aromatic carbocycles.